The van der Waals surface area contributed by atoms with Crippen molar-refractivity contribution < 1.29 is 28.6 Å². The van der Waals surface area contributed by atoms with E-state index in [2.05, 4.69) is 106 Å². The van der Waals surface area contributed by atoms with Crippen LogP contribution >= 0.6 is 0 Å². The van der Waals surface area contributed by atoms with Gasteiger partial charge in [0.25, 0.3) is 0 Å². The zero-order chi connectivity index (χ0) is 45.8. The van der Waals surface area contributed by atoms with Crippen molar-refractivity contribution in [1.29, 1.82) is 0 Å². The van der Waals surface area contributed by atoms with E-state index in [0.717, 1.165) is 109 Å². The van der Waals surface area contributed by atoms with Crippen LogP contribution in [0, 0.1) is 0 Å². The molecule has 0 aliphatic carbocycles. The highest BCUT2D eigenvalue weighted by Gasteiger charge is 2.19. The lowest BCUT2D eigenvalue weighted by Gasteiger charge is -2.18. The van der Waals surface area contributed by atoms with Gasteiger partial charge in [0.2, 0.25) is 0 Å². The van der Waals surface area contributed by atoms with Gasteiger partial charge in [-0.2, -0.15) is 0 Å². The van der Waals surface area contributed by atoms with Gasteiger partial charge in [0.05, 0.1) is 0 Å². The Morgan fingerprint density at radius 3 is 1.03 bits per heavy atom. The minimum atomic E-state index is -0.803. The summed E-state index contributed by atoms with van der Waals surface area (Å²) in [6, 6.07) is 0. The van der Waals surface area contributed by atoms with E-state index >= 15 is 0 Å². The van der Waals surface area contributed by atoms with E-state index in [1.54, 1.807) is 0 Å². The molecule has 0 amide bonds. The van der Waals surface area contributed by atoms with Crippen molar-refractivity contribution in [3.63, 3.8) is 0 Å². The van der Waals surface area contributed by atoms with Crippen LogP contribution in [0.25, 0.3) is 0 Å². The molecule has 0 aliphatic rings. The molecule has 0 aromatic rings. The first kappa shape index (κ1) is 59.6. The molecule has 360 valence electrons. The zero-order valence-electron chi connectivity index (χ0n) is 41.1. The van der Waals surface area contributed by atoms with Crippen LogP contribution in [-0.2, 0) is 28.6 Å². The molecule has 1 atom stereocenters. The maximum atomic E-state index is 12.8. The second kappa shape index (κ2) is 51.2. The van der Waals surface area contributed by atoms with Gasteiger partial charge in [0, 0.05) is 19.3 Å². The van der Waals surface area contributed by atoms with Crippen molar-refractivity contribution >= 4 is 17.9 Å². The molecule has 0 N–H and O–H groups in total. The number of rotatable bonds is 46. The van der Waals surface area contributed by atoms with E-state index in [-0.39, 0.29) is 31.1 Å². The van der Waals surface area contributed by atoms with Gasteiger partial charge in [0.1, 0.15) is 13.2 Å². The first-order valence-corrected chi connectivity index (χ1v) is 26.1. The zero-order valence-corrected chi connectivity index (χ0v) is 41.1. The van der Waals surface area contributed by atoms with Gasteiger partial charge in [0.15, 0.2) is 6.10 Å². The Balaban J connectivity index is 4.49. The third-order valence-corrected chi connectivity index (χ3v) is 10.9. The quantitative estimate of drug-likeness (QED) is 0.0262. The predicted octanol–water partition coefficient (Wildman–Crippen LogP) is 17.2. The van der Waals surface area contributed by atoms with E-state index in [4.69, 9.17) is 14.2 Å². The largest absolute Gasteiger partial charge is 0.462 e. The third-order valence-electron chi connectivity index (χ3n) is 10.9. The van der Waals surface area contributed by atoms with E-state index < -0.39 is 6.10 Å². The summed E-state index contributed by atoms with van der Waals surface area (Å²) in [6.45, 7) is 6.44. The normalized spacial score (nSPS) is 12.7. The van der Waals surface area contributed by atoms with Gasteiger partial charge in [-0.15, -0.1) is 0 Å². The van der Waals surface area contributed by atoms with Crippen molar-refractivity contribution in [2.45, 2.75) is 245 Å². The predicted molar refractivity (Wildman–Crippen MR) is 270 cm³/mol. The molecule has 6 heteroatoms. The smallest absolute Gasteiger partial charge is 0.306 e. The standard InChI is InChI=1S/C57H96O6/c1-4-7-10-13-16-19-22-25-27-28-30-33-36-39-42-45-48-51-57(60)63-54(52-61-55(58)49-46-43-40-37-34-31-24-21-18-15-12-9-6-3)53-62-56(59)50-47-44-41-38-35-32-29-26-23-20-17-14-11-8-5-2/h8,11,16-17,19-20,25-27,29-30,33,35,38,54H,4-7,9-10,12-15,18,21-24,28,31-32,34,36-37,39-53H2,1-3H3/b11-8-,19-16-,20-17-,27-25-,29-26-,33-30-,38-35-/t54-/m0/s1. The molecule has 0 aromatic heterocycles. The van der Waals surface area contributed by atoms with Crippen molar-refractivity contribution in [3.8, 4) is 0 Å². The highest BCUT2D eigenvalue weighted by Crippen LogP contribution is 2.14. The number of unbranched alkanes of at least 4 members (excludes halogenated alkanes) is 21. The molecule has 0 aromatic carbocycles. The molecule has 0 heterocycles. The van der Waals surface area contributed by atoms with Crippen LogP contribution in [-0.4, -0.2) is 37.2 Å². The first-order valence-electron chi connectivity index (χ1n) is 26.1. The van der Waals surface area contributed by atoms with Crippen LogP contribution in [0.1, 0.15) is 239 Å². The lowest BCUT2D eigenvalue weighted by atomic mass is 10.0. The number of ether oxygens (including phenoxy) is 3. The fourth-order valence-electron chi connectivity index (χ4n) is 6.97. The molecule has 0 spiro atoms. The molecular weight excluding hydrogens is 781 g/mol. The van der Waals surface area contributed by atoms with Crippen LogP contribution in [0.3, 0.4) is 0 Å². The Morgan fingerprint density at radius 2 is 0.619 bits per heavy atom. The van der Waals surface area contributed by atoms with E-state index in [0.29, 0.717) is 19.3 Å². The maximum Gasteiger partial charge on any atom is 0.306 e. The second-order valence-electron chi connectivity index (χ2n) is 17.1. The van der Waals surface area contributed by atoms with Gasteiger partial charge >= 0.3 is 17.9 Å². The summed E-state index contributed by atoms with van der Waals surface area (Å²) in [6.07, 6.45) is 65.6. The Hall–Kier alpha value is -3.41. The fraction of sp³-hybridized carbons (Fsp3) is 0.702. The summed E-state index contributed by atoms with van der Waals surface area (Å²) in [4.78, 5) is 38.0. The van der Waals surface area contributed by atoms with Crippen molar-refractivity contribution in [3.05, 3.63) is 85.1 Å². The van der Waals surface area contributed by atoms with Gasteiger partial charge in [-0.1, -0.05) is 209 Å². The topological polar surface area (TPSA) is 78.9 Å². The van der Waals surface area contributed by atoms with Crippen LogP contribution in [0.4, 0.5) is 0 Å². The lowest BCUT2D eigenvalue weighted by Crippen LogP contribution is -2.30. The average molecular weight is 877 g/mol. The summed E-state index contributed by atoms with van der Waals surface area (Å²) >= 11 is 0. The minimum Gasteiger partial charge on any atom is -0.462 e. The van der Waals surface area contributed by atoms with Crippen molar-refractivity contribution in [2.24, 2.45) is 0 Å². The van der Waals surface area contributed by atoms with Crippen LogP contribution < -0.4 is 0 Å². The van der Waals surface area contributed by atoms with Gasteiger partial charge in [-0.3, -0.25) is 14.4 Å². The summed E-state index contributed by atoms with van der Waals surface area (Å²) in [5.41, 5.74) is 0. The number of carbonyl (C=O) groups is 3. The molecule has 63 heavy (non-hydrogen) atoms. The summed E-state index contributed by atoms with van der Waals surface area (Å²) in [5, 5.41) is 0. The SMILES string of the molecule is CC/C=C\C/C=C\C/C=C\C/C=C\CCCCC(=O)OC[C@H](COC(=O)CCCCCCCCCCCCCCC)OC(=O)CCCCCC/C=C\C/C=C\C/C=C\CCCCC. The van der Waals surface area contributed by atoms with Gasteiger partial charge in [-0.25, -0.2) is 0 Å². The summed E-state index contributed by atoms with van der Waals surface area (Å²) in [5.74, 6) is -0.962. The molecule has 0 fully saturated rings. The van der Waals surface area contributed by atoms with Gasteiger partial charge in [-0.05, 0) is 96.3 Å². The lowest BCUT2D eigenvalue weighted by molar-refractivity contribution is -0.167. The van der Waals surface area contributed by atoms with Crippen molar-refractivity contribution in [1.82, 2.24) is 0 Å². The molecule has 0 bridgehead atoms. The molecule has 0 radical (unpaired) electrons. The number of carbonyl (C=O) groups excluding carboxylic acids is 3. The maximum absolute atomic E-state index is 12.8. The molecule has 0 aliphatic heterocycles. The molecule has 0 rings (SSSR count). The van der Waals surface area contributed by atoms with Crippen LogP contribution in [0.15, 0.2) is 85.1 Å². The highest BCUT2D eigenvalue weighted by molar-refractivity contribution is 5.71. The molecule has 0 unspecified atom stereocenters. The van der Waals surface area contributed by atoms with Crippen LogP contribution in [0.5, 0.6) is 0 Å². The summed E-state index contributed by atoms with van der Waals surface area (Å²) in [7, 11) is 0. The number of hydrogen-bond acceptors (Lipinski definition) is 6. The molecule has 6 nitrogen and oxygen atoms in total. The number of allylic oxidation sites excluding steroid dienone is 14. The first-order chi connectivity index (χ1) is 31.0. The Kier molecular flexibility index (Phi) is 48.5. The Morgan fingerprint density at radius 1 is 0.333 bits per heavy atom. The van der Waals surface area contributed by atoms with Crippen molar-refractivity contribution in [2.75, 3.05) is 13.2 Å². The highest BCUT2D eigenvalue weighted by atomic mass is 16.6. The van der Waals surface area contributed by atoms with E-state index in [9.17, 15) is 14.4 Å². The molecular formula is C57H96O6. The number of esters is 3. The summed E-state index contributed by atoms with van der Waals surface area (Å²) < 4.78 is 16.8. The van der Waals surface area contributed by atoms with E-state index in [1.165, 1.54) is 89.9 Å². The monoisotopic (exact) mass is 877 g/mol. The Labute approximate surface area is 388 Å². The molecule has 0 saturated carbocycles. The average Bonchev–Trinajstić information content (AvgIpc) is 3.28. The van der Waals surface area contributed by atoms with Gasteiger partial charge < -0.3 is 14.2 Å². The second-order valence-corrected chi connectivity index (χ2v) is 17.1. The Bertz CT molecular complexity index is 1240. The number of hydrogen-bond donors (Lipinski definition) is 0. The third kappa shape index (κ3) is 49.5. The molecule has 0 saturated heterocycles. The fourth-order valence-corrected chi connectivity index (χ4v) is 6.97. The minimum absolute atomic E-state index is 0.0978. The van der Waals surface area contributed by atoms with E-state index in [1.807, 2.05) is 0 Å². The van der Waals surface area contributed by atoms with Crippen LogP contribution in [0.2, 0.25) is 0 Å².